The predicted molar refractivity (Wildman–Crippen MR) is 143 cm³/mol. The number of carbonyl (C=O) groups excluding carboxylic acids is 1. The van der Waals surface area contributed by atoms with Crippen LogP contribution >= 0.6 is 11.3 Å². The Kier molecular flexibility index (Phi) is 7.12. The molecule has 1 N–H and O–H groups in total. The third-order valence-electron chi connectivity index (χ3n) is 6.31. The highest BCUT2D eigenvalue weighted by Crippen LogP contribution is 2.32. The highest BCUT2D eigenvalue weighted by molar-refractivity contribution is 7.92. The topological polar surface area (TPSA) is 91.8 Å². The second kappa shape index (κ2) is 10.4. The Morgan fingerprint density at radius 2 is 1.69 bits per heavy atom. The average Bonchev–Trinajstić information content (AvgIpc) is 3.36. The van der Waals surface area contributed by atoms with Gasteiger partial charge in [-0.3, -0.25) is 9.52 Å². The summed E-state index contributed by atoms with van der Waals surface area (Å²) >= 11 is 1.58. The minimum Gasteiger partial charge on any atom is -0.497 e. The summed E-state index contributed by atoms with van der Waals surface area (Å²) in [6.45, 7) is 1.89. The van der Waals surface area contributed by atoms with Gasteiger partial charge >= 0.3 is 6.18 Å². The van der Waals surface area contributed by atoms with Gasteiger partial charge in [0.1, 0.15) is 5.75 Å². The number of nitrogens with zero attached hydrogens (tertiary/aromatic N) is 3. The lowest BCUT2D eigenvalue weighted by Crippen LogP contribution is -2.48. The number of piperazine rings is 1. The lowest BCUT2D eigenvalue weighted by Gasteiger charge is -2.35. The monoisotopic (exact) mass is 576 g/mol. The fourth-order valence-electron chi connectivity index (χ4n) is 4.21. The molecule has 1 amide bonds. The Bertz CT molecular complexity index is 1580. The lowest BCUT2D eigenvalue weighted by molar-refractivity contribution is -0.137. The highest BCUT2D eigenvalue weighted by atomic mass is 32.2. The zero-order valence-electron chi connectivity index (χ0n) is 20.6. The molecular weight excluding hydrogens is 553 g/mol. The van der Waals surface area contributed by atoms with Crippen molar-refractivity contribution in [3.8, 4) is 5.75 Å². The average molecular weight is 577 g/mol. The van der Waals surface area contributed by atoms with Crippen LogP contribution in [0.2, 0.25) is 0 Å². The van der Waals surface area contributed by atoms with Crippen LogP contribution in [0.1, 0.15) is 15.9 Å². The van der Waals surface area contributed by atoms with Gasteiger partial charge in [-0.25, -0.2) is 13.4 Å². The van der Waals surface area contributed by atoms with Gasteiger partial charge in [-0.2, -0.15) is 13.2 Å². The maximum Gasteiger partial charge on any atom is 0.416 e. The smallest absolute Gasteiger partial charge is 0.416 e. The van der Waals surface area contributed by atoms with Crippen molar-refractivity contribution in [1.29, 1.82) is 0 Å². The van der Waals surface area contributed by atoms with Crippen LogP contribution in [0.3, 0.4) is 0 Å². The molecule has 0 radical (unpaired) electrons. The quantitative estimate of drug-likeness (QED) is 0.344. The molecule has 39 heavy (non-hydrogen) atoms. The number of hydrogen-bond acceptors (Lipinski definition) is 7. The first-order valence-electron chi connectivity index (χ1n) is 11.8. The number of amides is 1. The number of para-hydroxylation sites is 1. The van der Waals surface area contributed by atoms with E-state index in [4.69, 9.17) is 4.74 Å². The van der Waals surface area contributed by atoms with Crippen LogP contribution in [-0.4, -0.2) is 57.5 Å². The molecule has 1 fully saturated rings. The summed E-state index contributed by atoms with van der Waals surface area (Å²) in [6.07, 6.45) is -4.60. The fraction of sp³-hybridized carbons (Fsp3) is 0.231. The van der Waals surface area contributed by atoms with Gasteiger partial charge < -0.3 is 14.5 Å². The van der Waals surface area contributed by atoms with E-state index >= 15 is 0 Å². The normalized spacial score (nSPS) is 14.5. The van der Waals surface area contributed by atoms with Crippen molar-refractivity contribution in [2.45, 2.75) is 11.1 Å². The first-order valence-corrected chi connectivity index (χ1v) is 14.1. The number of hydrogen-bond donors (Lipinski definition) is 1. The van der Waals surface area contributed by atoms with E-state index in [0.717, 1.165) is 27.5 Å². The number of benzene rings is 3. The summed E-state index contributed by atoms with van der Waals surface area (Å²) in [5.74, 6) is -0.0796. The van der Waals surface area contributed by atoms with Crippen molar-refractivity contribution >= 4 is 48.3 Å². The van der Waals surface area contributed by atoms with Crippen molar-refractivity contribution in [3.63, 3.8) is 0 Å². The van der Waals surface area contributed by atoms with Crippen LogP contribution in [0.5, 0.6) is 5.75 Å². The van der Waals surface area contributed by atoms with Crippen LogP contribution in [-0.2, 0) is 16.2 Å². The molecule has 0 unspecified atom stereocenters. The molecule has 0 aliphatic carbocycles. The number of aromatic nitrogens is 1. The molecule has 0 saturated carbocycles. The van der Waals surface area contributed by atoms with Gasteiger partial charge in [-0.05, 0) is 48.5 Å². The molecule has 1 aliphatic heterocycles. The molecule has 8 nitrogen and oxygen atoms in total. The largest absolute Gasteiger partial charge is 0.497 e. The van der Waals surface area contributed by atoms with Gasteiger partial charge in [0.25, 0.3) is 15.9 Å². The maximum atomic E-state index is 13.5. The van der Waals surface area contributed by atoms with Crippen molar-refractivity contribution in [3.05, 3.63) is 77.9 Å². The van der Waals surface area contributed by atoms with Crippen LogP contribution in [0.4, 0.5) is 24.0 Å². The van der Waals surface area contributed by atoms with E-state index in [1.54, 1.807) is 22.3 Å². The molecule has 2 heterocycles. The van der Waals surface area contributed by atoms with Gasteiger partial charge in [0.05, 0.1) is 39.0 Å². The standard InChI is InChI=1S/C26H23F3N4O4S2/c1-37-18-8-11-20(22(16-18)31-39(35,36)19-9-6-17(7-10-19)26(27,28)29)24(34)32-12-14-33(15-13-32)25-30-21-4-2-3-5-23(21)38-25/h2-11,16,31H,12-15H2,1H3. The first-order chi connectivity index (χ1) is 18.5. The SMILES string of the molecule is COc1ccc(C(=O)N2CCN(c3nc4ccccc4s3)CC2)c(NS(=O)(=O)c2ccc(C(F)(F)F)cc2)c1. The van der Waals surface area contributed by atoms with E-state index in [-0.39, 0.29) is 22.1 Å². The van der Waals surface area contributed by atoms with E-state index in [2.05, 4.69) is 14.6 Å². The Morgan fingerprint density at radius 3 is 2.33 bits per heavy atom. The molecule has 0 atom stereocenters. The van der Waals surface area contributed by atoms with E-state index in [0.29, 0.717) is 44.1 Å². The number of alkyl halides is 3. The molecule has 0 bridgehead atoms. The molecule has 3 aromatic carbocycles. The fourth-order valence-corrected chi connectivity index (χ4v) is 6.30. The summed E-state index contributed by atoms with van der Waals surface area (Å²) in [6, 6.07) is 15.3. The molecule has 1 aliphatic rings. The number of fused-ring (bicyclic) bond motifs is 1. The number of carbonyl (C=O) groups is 1. The Hall–Kier alpha value is -3.84. The van der Waals surface area contributed by atoms with Gasteiger partial charge in [-0.1, -0.05) is 23.5 Å². The second-order valence-electron chi connectivity index (χ2n) is 8.78. The van der Waals surface area contributed by atoms with Crippen molar-refractivity contribution in [2.75, 3.05) is 42.9 Å². The van der Waals surface area contributed by atoms with Gasteiger partial charge in [0.15, 0.2) is 5.13 Å². The van der Waals surface area contributed by atoms with E-state index in [9.17, 15) is 26.4 Å². The van der Waals surface area contributed by atoms with E-state index < -0.39 is 21.8 Å². The number of nitrogens with one attached hydrogen (secondary N) is 1. The molecule has 13 heteroatoms. The number of halogens is 3. The Labute approximate surface area is 226 Å². The van der Waals surface area contributed by atoms with Crippen LogP contribution in [0.25, 0.3) is 10.2 Å². The van der Waals surface area contributed by atoms with Crippen molar-refractivity contribution in [1.82, 2.24) is 9.88 Å². The van der Waals surface area contributed by atoms with E-state index in [1.807, 2.05) is 24.3 Å². The second-order valence-corrected chi connectivity index (χ2v) is 11.5. The number of rotatable bonds is 6. The van der Waals surface area contributed by atoms with E-state index in [1.165, 1.54) is 19.2 Å². The lowest BCUT2D eigenvalue weighted by atomic mass is 10.1. The summed E-state index contributed by atoms with van der Waals surface area (Å²) in [5, 5.41) is 0.873. The molecule has 204 valence electrons. The molecular formula is C26H23F3N4O4S2. The summed E-state index contributed by atoms with van der Waals surface area (Å²) in [7, 11) is -2.91. The third-order valence-corrected chi connectivity index (χ3v) is 8.79. The highest BCUT2D eigenvalue weighted by Gasteiger charge is 2.31. The van der Waals surface area contributed by atoms with Crippen molar-refractivity contribution < 1.29 is 31.1 Å². The molecule has 4 aromatic rings. The first kappa shape index (κ1) is 26.8. The van der Waals surface area contributed by atoms with Crippen molar-refractivity contribution in [2.24, 2.45) is 0 Å². The van der Waals surface area contributed by atoms with Crippen LogP contribution in [0.15, 0.2) is 71.6 Å². The molecule has 1 aromatic heterocycles. The Morgan fingerprint density at radius 1 is 1.00 bits per heavy atom. The van der Waals surface area contributed by atoms with Gasteiger partial charge in [-0.15, -0.1) is 0 Å². The predicted octanol–water partition coefficient (Wildman–Crippen LogP) is 5.09. The summed E-state index contributed by atoms with van der Waals surface area (Å²) in [5.41, 5.74) is 0.00970. The number of anilines is 2. The van der Waals surface area contributed by atoms with Gasteiger partial charge in [0.2, 0.25) is 0 Å². The van der Waals surface area contributed by atoms with Crippen LogP contribution in [0, 0.1) is 0 Å². The minimum absolute atomic E-state index is 0.0344. The van der Waals surface area contributed by atoms with Crippen LogP contribution < -0.4 is 14.4 Å². The Balaban J connectivity index is 1.34. The number of ether oxygens (including phenoxy) is 1. The minimum atomic E-state index is -4.60. The maximum absolute atomic E-state index is 13.5. The summed E-state index contributed by atoms with van der Waals surface area (Å²) < 4.78 is 73.4. The zero-order chi connectivity index (χ0) is 27.8. The molecule has 1 saturated heterocycles. The summed E-state index contributed by atoms with van der Waals surface area (Å²) in [4.78, 5) is 21.5. The molecule has 0 spiro atoms. The third kappa shape index (κ3) is 5.64. The van der Waals surface area contributed by atoms with Gasteiger partial charge in [0, 0.05) is 32.2 Å². The number of thiazole rings is 1. The zero-order valence-corrected chi connectivity index (χ0v) is 22.2. The number of methoxy groups -OCH3 is 1. The molecule has 5 rings (SSSR count). The number of sulfonamides is 1.